The fraction of sp³-hybridized carbons (Fsp3) is 0.625. The summed E-state index contributed by atoms with van der Waals surface area (Å²) >= 11 is 0. The fourth-order valence-corrected chi connectivity index (χ4v) is 5.64. The molecule has 0 saturated heterocycles. The summed E-state index contributed by atoms with van der Waals surface area (Å²) < 4.78 is 0. The molecule has 0 radical (unpaired) electrons. The molecule has 2 heteroatoms. The lowest BCUT2D eigenvalue weighted by Gasteiger charge is -2.40. The first-order valence-electron chi connectivity index (χ1n) is 7.20. The molecule has 0 heterocycles. The minimum absolute atomic E-state index is 0.0431. The lowest BCUT2D eigenvalue weighted by molar-refractivity contribution is -0.148. The van der Waals surface area contributed by atoms with Gasteiger partial charge in [0.25, 0.3) is 0 Å². The number of fused-ring (bicyclic) bond motifs is 10. The summed E-state index contributed by atoms with van der Waals surface area (Å²) in [6.07, 6.45) is 10.9. The molecule has 8 atom stereocenters. The molecule has 5 rings (SSSR count). The van der Waals surface area contributed by atoms with Crippen LogP contribution in [0.4, 0.5) is 0 Å². The SMILES string of the molecule is O=C1[C@@H]2[C@@H](C(=O)[C@H]3[C@@H]1[C@H]1C=C[C@@H]3C1)[C@H]1C=C[C@@H]2C1. The van der Waals surface area contributed by atoms with Crippen molar-refractivity contribution in [3.63, 3.8) is 0 Å². The molecule has 3 fully saturated rings. The highest BCUT2D eigenvalue weighted by Gasteiger charge is 2.63. The second kappa shape index (κ2) is 2.87. The third-order valence-corrected chi connectivity index (χ3v) is 6.23. The summed E-state index contributed by atoms with van der Waals surface area (Å²) in [5.41, 5.74) is 0. The normalized spacial score (nSPS) is 58.4. The van der Waals surface area contributed by atoms with E-state index in [4.69, 9.17) is 0 Å². The summed E-state index contributed by atoms with van der Waals surface area (Å²) in [7, 11) is 0. The van der Waals surface area contributed by atoms with Gasteiger partial charge in [0.1, 0.15) is 11.6 Å². The number of rotatable bonds is 0. The molecule has 0 unspecified atom stereocenters. The van der Waals surface area contributed by atoms with Crippen LogP contribution in [0.1, 0.15) is 12.8 Å². The molecule has 0 aliphatic heterocycles. The van der Waals surface area contributed by atoms with Gasteiger partial charge in [-0.2, -0.15) is 0 Å². The zero-order valence-corrected chi connectivity index (χ0v) is 10.2. The van der Waals surface area contributed by atoms with Gasteiger partial charge in [-0.25, -0.2) is 0 Å². The van der Waals surface area contributed by atoms with Crippen LogP contribution in [-0.4, -0.2) is 11.6 Å². The summed E-state index contributed by atoms with van der Waals surface area (Å²) in [6.45, 7) is 0. The van der Waals surface area contributed by atoms with Gasteiger partial charge in [-0.3, -0.25) is 9.59 Å². The molecular formula is C16H16O2. The number of hydrogen-bond acceptors (Lipinski definition) is 2. The van der Waals surface area contributed by atoms with Gasteiger partial charge in [-0.15, -0.1) is 0 Å². The molecule has 0 N–H and O–H groups in total. The van der Waals surface area contributed by atoms with E-state index in [9.17, 15) is 9.59 Å². The van der Waals surface area contributed by atoms with Crippen LogP contribution in [0.3, 0.4) is 0 Å². The Hall–Kier alpha value is -1.18. The zero-order chi connectivity index (χ0) is 12.0. The largest absolute Gasteiger partial charge is 0.299 e. The quantitative estimate of drug-likeness (QED) is 0.607. The van der Waals surface area contributed by atoms with E-state index in [2.05, 4.69) is 24.3 Å². The van der Waals surface area contributed by atoms with Crippen molar-refractivity contribution in [1.29, 1.82) is 0 Å². The van der Waals surface area contributed by atoms with E-state index in [0.717, 1.165) is 12.8 Å². The van der Waals surface area contributed by atoms with Crippen molar-refractivity contribution in [3.05, 3.63) is 24.3 Å². The van der Waals surface area contributed by atoms with E-state index in [1.165, 1.54) is 0 Å². The van der Waals surface area contributed by atoms with E-state index in [0.29, 0.717) is 35.2 Å². The summed E-state index contributed by atoms with van der Waals surface area (Å²) in [4.78, 5) is 25.6. The van der Waals surface area contributed by atoms with Gasteiger partial charge in [0.05, 0.1) is 0 Å². The average molecular weight is 240 g/mol. The Morgan fingerprint density at radius 3 is 1.17 bits per heavy atom. The molecule has 0 aromatic heterocycles. The number of hydrogen-bond donors (Lipinski definition) is 0. The van der Waals surface area contributed by atoms with Gasteiger partial charge in [-0.05, 0) is 36.5 Å². The van der Waals surface area contributed by atoms with E-state index in [1.807, 2.05) is 0 Å². The van der Waals surface area contributed by atoms with Crippen LogP contribution in [0.15, 0.2) is 24.3 Å². The van der Waals surface area contributed by atoms with Gasteiger partial charge in [-0.1, -0.05) is 24.3 Å². The Morgan fingerprint density at radius 1 is 0.611 bits per heavy atom. The number of carbonyl (C=O) groups excluding carboxylic acids is 2. The van der Waals surface area contributed by atoms with Gasteiger partial charge < -0.3 is 0 Å². The van der Waals surface area contributed by atoms with Gasteiger partial charge >= 0.3 is 0 Å². The number of Topliss-reactive ketones (excluding diaryl/α,β-unsaturated/α-hetero) is 2. The fourth-order valence-electron chi connectivity index (χ4n) is 5.64. The highest BCUT2D eigenvalue weighted by Crippen LogP contribution is 2.60. The first kappa shape index (κ1) is 9.71. The molecule has 92 valence electrons. The van der Waals surface area contributed by atoms with Gasteiger partial charge in [0.15, 0.2) is 0 Å². The molecule has 4 bridgehead atoms. The molecule has 18 heavy (non-hydrogen) atoms. The van der Waals surface area contributed by atoms with E-state index >= 15 is 0 Å². The van der Waals surface area contributed by atoms with Crippen molar-refractivity contribution in [2.75, 3.05) is 0 Å². The predicted octanol–water partition coefficient (Wildman–Crippen LogP) is 2.01. The zero-order valence-electron chi connectivity index (χ0n) is 10.2. The topological polar surface area (TPSA) is 34.1 Å². The maximum absolute atomic E-state index is 12.8. The highest BCUT2D eigenvalue weighted by atomic mass is 16.1. The number of allylic oxidation sites excluding steroid dienone is 4. The molecule has 0 aromatic rings. The molecular weight excluding hydrogens is 224 g/mol. The van der Waals surface area contributed by atoms with Crippen LogP contribution in [0.2, 0.25) is 0 Å². The summed E-state index contributed by atoms with van der Waals surface area (Å²) in [5.74, 6) is 2.53. The molecule has 5 aliphatic rings. The van der Waals surface area contributed by atoms with Crippen LogP contribution in [-0.2, 0) is 9.59 Å². The number of ketones is 2. The monoisotopic (exact) mass is 240 g/mol. The van der Waals surface area contributed by atoms with Crippen molar-refractivity contribution < 1.29 is 9.59 Å². The first-order valence-corrected chi connectivity index (χ1v) is 7.20. The van der Waals surface area contributed by atoms with Crippen LogP contribution >= 0.6 is 0 Å². The second-order valence-corrected chi connectivity index (χ2v) is 6.80. The Bertz CT molecular complexity index is 441. The second-order valence-electron chi connectivity index (χ2n) is 6.80. The molecule has 5 aliphatic carbocycles. The van der Waals surface area contributed by atoms with Crippen LogP contribution in [0, 0.1) is 47.3 Å². The van der Waals surface area contributed by atoms with Gasteiger partial charge in [0, 0.05) is 23.7 Å². The Balaban J connectivity index is 1.65. The Kier molecular flexibility index (Phi) is 1.55. The standard InChI is InChI=1S/C16H16O2/c17-15-11-7-1-2-8(5-7)12(11)16(18)14-10-4-3-9(6-10)13(14)15/h1-4,7-14H,5-6H2/t7-,8+,9+,10-,11-,12-,13+,14-/m0/s1. The lowest BCUT2D eigenvalue weighted by Crippen LogP contribution is -2.50. The molecule has 0 aromatic carbocycles. The first-order chi connectivity index (χ1) is 8.75. The Morgan fingerprint density at radius 2 is 0.889 bits per heavy atom. The van der Waals surface area contributed by atoms with Gasteiger partial charge in [0.2, 0.25) is 0 Å². The van der Waals surface area contributed by atoms with Crippen molar-refractivity contribution in [2.24, 2.45) is 47.3 Å². The van der Waals surface area contributed by atoms with Crippen molar-refractivity contribution >= 4 is 11.6 Å². The molecule has 3 saturated carbocycles. The van der Waals surface area contributed by atoms with E-state index in [-0.39, 0.29) is 23.7 Å². The molecule has 0 spiro atoms. The lowest BCUT2D eigenvalue weighted by atomic mass is 9.60. The van der Waals surface area contributed by atoms with Crippen LogP contribution in [0.25, 0.3) is 0 Å². The minimum Gasteiger partial charge on any atom is -0.299 e. The van der Waals surface area contributed by atoms with Crippen molar-refractivity contribution in [2.45, 2.75) is 12.8 Å². The third kappa shape index (κ3) is 0.877. The molecule has 2 nitrogen and oxygen atoms in total. The predicted molar refractivity (Wildman–Crippen MR) is 65.4 cm³/mol. The number of carbonyl (C=O) groups is 2. The minimum atomic E-state index is 0.0431. The summed E-state index contributed by atoms with van der Waals surface area (Å²) in [5, 5.41) is 0. The molecule has 0 amide bonds. The van der Waals surface area contributed by atoms with Crippen molar-refractivity contribution in [1.82, 2.24) is 0 Å². The maximum Gasteiger partial charge on any atom is 0.141 e. The van der Waals surface area contributed by atoms with E-state index < -0.39 is 0 Å². The van der Waals surface area contributed by atoms with E-state index in [1.54, 1.807) is 0 Å². The van der Waals surface area contributed by atoms with Crippen molar-refractivity contribution in [3.8, 4) is 0 Å². The highest BCUT2D eigenvalue weighted by molar-refractivity contribution is 6.02. The Labute approximate surface area is 106 Å². The maximum atomic E-state index is 12.8. The summed E-state index contributed by atoms with van der Waals surface area (Å²) in [6, 6.07) is 0. The smallest absolute Gasteiger partial charge is 0.141 e. The third-order valence-electron chi connectivity index (χ3n) is 6.23. The van der Waals surface area contributed by atoms with Crippen LogP contribution in [0.5, 0.6) is 0 Å². The average Bonchev–Trinajstić information content (AvgIpc) is 3.10. The van der Waals surface area contributed by atoms with Crippen LogP contribution < -0.4 is 0 Å².